The van der Waals surface area contributed by atoms with E-state index in [1.807, 2.05) is 44.2 Å². The molecule has 1 aromatic carbocycles. The smallest absolute Gasteiger partial charge is 0.138 e. The van der Waals surface area contributed by atoms with Gasteiger partial charge in [0.1, 0.15) is 10.8 Å². The molecule has 3 aromatic rings. The molecule has 0 unspecified atom stereocenters. The number of hydrogen-bond acceptors (Lipinski definition) is 5. The van der Waals surface area contributed by atoms with Gasteiger partial charge in [-0.05, 0) is 38.1 Å². The first-order valence-electron chi connectivity index (χ1n) is 7.12. The third-order valence-corrected chi connectivity index (χ3v) is 3.75. The quantitative estimate of drug-likeness (QED) is 0.701. The van der Waals surface area contributed by atoms with E-state index in [1.54, 1.807) is 12.4 Å². The number of hydrogen-bond donors (Lipinski definition) is 1. The molecule has 0 fully saturated rings. The Labute approximate surface area is 134 Å². The van der Waals surface area contributed by atoms with Gasteiger partial charge in [0, 0.05) is 23.5 Å². The molecule has 0 saturated heterocycles. The molecule has 5 heteroatoms. The van der Waals surface area contributed by atoms with Crippen LogP contribution in [0.1, 0.15) is 13.8 Å². The van der Waals surface area contributed by atoms with Crippen LogP contribution in [0.2, 0.25) is 0 Å². The van der Waals surface area contributed by atoms with Crippen LogP contribution in [0.4, 0.5) is 5.69 Å². The van der Waals surface area contributed by atoms with Crippen molar-refractivity contribution in [2.75, 3.05) is 4.72 Å². The highest BCUT2D eigenvalue weighted by atomic mass is 32.2. The summed E-state index contributed by atoms with van der Waals surface area (Å²) >= 11 is 1.46. The second kappa shape index (κ2) is 6.66. The maximum atomic E-state index is 5.59. The minimum absolute atomic E-state index is 0.153. The molecule has 2 heterocycles. The van der Waals surface area contributed by atoms with Gasteiger partial charge in [0.25, 0.3) is 0 Å². The number of pyridine rings is 2. The van der Waals surface area contributed by atoms with E-state index in [-0.39, 0.29) is 6.10 Å². The van der Waals surface area contributed by atoms with Gasteiger partial charge in [-0.1, -0.05) is 18.2 Å². The van der Waals surface area contributed by atoms with Gasteiger partial charge in [0.05, 0.1) is 23.5 Å². The average Bonchev–Trinajstić information content (AvgIpc) is 2.54. The van der Waals surface area contributed by atoms with Crippen molar-refractivity contribution in [3.05, 3.63) is 54.9 Å². The van der Waals surface area contributed by atoms with Crippen molar-refractivity contribution in [2.24, 2.45) is 0 Å². The first-order chi connectivity index (χ1) is 10.7. The highest BCUT2D eigenvalue weighted by Crippen LogP contribution is 2.26. The molecule has 1 N–H and O–H groups in total. The molecule has 0 aliphatic rings. The topological polar surface area (TPSA) is 47.0 Å². The second-order valence-electron chi connectivity index (χ2n) is 5.08. The normalized spacial score (nSPS) is 10.9. The predicted octanol–water partition coefficient (Wildman–Crippen LogP) is 4.54. The van der Waals surface area contributed by atoms with Crippen LogP contribution in [0.5, 0.6) is 5.75 Å². The van der Waals surface area contributed by atoms with Gasteiger partial charge in [-0.15, -0.1) is 0 Å². The van der Waals surface area contributed by atoms with Crippen molar-refractivity contribution in [3.63, 3.8) is 0 Å². The standard InChI is InChI=1S/C17H17N3OS/c1-12(2)21-14-8-9-16(19-11-14)22-20-15-7-3-5-13-6-4-10-18-17(13)15/h3-12,20H,1-2H3. The van der Waals surface area contributed by atoms with E-state index < -0.39 is 0 Å². The van der Waals surface area contributed by atoms with Crippen molar-refractivity contribution >= 4 is 28.5 Å². The Morgan fingerprint density at radius 2 is 1.91 bits per heavy atom. The molecular weight excluding hydrogens is 294 g/mol. The Morgan fingerprint density at radius 1 is 1.05 bits per heavy atom. The van der Waals surface area contributed by atoms with Crippen LogP contribution in [0, 0.1) is 0 Å². The molecule has 0 amide bonds. The number of rotatable bonds is 5. The number of nitrogens with zero attached hydrogens (tertiary/aromatic N) is 2. The zero-order valence-electron chi connectivity index (χ0n) is 12.5. The largest absolute Gasteiger partial charge is 0.489 e. The first kappa shape index (κ1) is 14.7. The molecule has 0 radical (unpaired) electrons. The number of ether oxygens (including phenoxy) is 1. The molecule has 22 heavy (non-hydrogen) atoms. The lowest BCUT2D eigenvalue weighted by atomic mass is 10.2. The van der Waals surface area contributed by atoms with Gasteiger partial charge in [-0.3, -0.25) is 4.98 Å². The van der Waals surface area contributed by atoms with E-state index in [0.717, 1.165) is 27.4 Å². The molecule has 2 aromatic heterocycles. The summed E-state index contributed by atoms with van der Waals surface area (Å²) in [4.78, 5) is 8.81. The van der Waals surface area contributed by atoms with Crippen LogP contribution >= 0.6 is 11.9 Å². The number of para-hydroxylation sites is 1. The first-order valence-corrected chi connectivity index (χ1v) is 7.93. The molecule has 0 atom stereocenters. The fourth-order valence-electron chi connectivity index (χ4n) is 2.06. The molecular formula is C17H17N3OS. The molecule has 0 saturated carbocycles. The van der Waals surface area contributed by atoms with Crippen LogP contribution < -0.4 is 9.46 Å². The van der Waals surface area contributed by atoms with Crippen molar-refractivity contribution in [1.82, 2.24) is 9.97 Å². The highest BCUT2D eigenvalue weighted by molar-refractivity contribution is 8.00. The predicted molar refractivity (Wildman–Crippen MR) is 91.2 cm³/mol. The Kier molecular flexibility index (Phi) is 4.44. The Hall–Kier alpha value is -2.27. The van der Waals surface area contributed by atoms with E-state index in [2.05, 4.69) is 26.8 Å². The molecule has 112 valence electrons. The summed E-state index contributed by atoms with van der Waals surface area (Å²) in [7, 11) is 0. The summed E-state index contributed by atoms with van der Waals surface area (Å²) in [5.41, 5.74) is 1.93. The van der Waals surface area contributed by atoms with Crippen molar-refractivity contribution in [1.29, 1.82) is 0 Å². The van der Waals surface area contributed by atoms with E-state index in [1.165, 1.54) is 11.9 Å². The zero-order chi connectivity index (χ0) is 15.4. The maximum Gasteiger partial charge on any atom is 0.138 e. The lowest BCUT2D eigenvalue weighted by Crippen LogP contribution is -2.05. The summed E-state index contributed by atoms with van der Waals surface area (Å²) in [6.45, 7) is 4.00. The SMILES string of the molecule is CC(C)Oc1ccc(SNc2cccc3cccnc23)nc1. The fourth-order valence-corrected chi connectivity index (χ4v) is 2.68. The second-order valence-corrected chi connectivity index (χ2v) is 5.91. The molecule has 3 rings (SSSR count). The molecule has 0 bridgehead atoms. The summed E-state index contributed by atoms with van der Waals surface area (Å²) < 4.78 is 8.90. The van der Waals surface area contributed by atoms with Crippen LogP contribution in [0.3, 0.4) is 0 Å². The van der Waals surface area contributed by atoms with Crippen LogP contribution in [-0.2, 0) is 0 Å². The minimum atomic E-state index is 0.153. The van der Waals surface area contributed by atoms with Gasteiger partial charge in [0.2, 0.25) is 0 Å². The highest BCUT2D eigenvalue weighted by Gasteiger charge is 2.03. The van der Waals surface area contributed by atoms with Crippen LogP contribution in [0.25, 0.3) is 10.9 Å². The Morgan fingerprint density at radius 3 is 2.68 bits per heavy atom. The molecule has 4 nitrogen and oxygen atoms in total. The summed E-state index contributed by atoms with van der Waals surface area (Å²) in [6, 6.07) is 13.9. The van der Waals surface area contributed by atoms with Crippen molar-refractivity contribution in [2.45, 2.75) is 25.0 Å². The number of fused-ring (bicyclic) bond motifs is 1. The summed E-state index contributed by atoms with van der Waals surface area (Å²) in [5.74, 6) is 0.783. The lowest BCUT2D eigenvalue weighted by molar-refractivity contribution is 0.241. The van der Waals surface area contributed by atoms with Gasteiger partial charge in [0.15, 0.2) is 0 Å². The average molecular weight is 311 g/mol. The summed E-state index contributed by atoms with van der Waals surface area (Å²) in [5, 5.41) is 1.99. The monoisotopic (exact) mass is 311 g/mol. The zero-order valence-corrected chi connectivity index (χ0v) is 13.3. The van der Waals surface area contributed by atoms with Gasteiger partial charge < -0.3 is 9.46 Å². The van der Waals surface area contributed by atoms with E-state index in [0.29, 0.717) is 0 Å². The van der Waals surface area contributed by atoms with Gasteiger partial charge >= 0.3 is 0 Å². The third kappa shape index (κ3) is 3.49. The van der Waals surface area contributed by atoms with Gasteiger partial charge in [-0.25, -0.2) is 4.98 Å². The molecule has 0 spiro atoms. The van der Waals surface area contributed by atoms with E-state index in [4.69, 9.17) is 4.74 Å². The molecule has 0 aliphatic carbocycles. The van der Waals surface area contributed by atoms with Gasteiger partial charge in [-0.2, -0.15) is 0 Å². The van der Waals surface area contributed by atoms with Crippen molar-refractivity contribution < 1.29 is 4.74 Å². The third-order valence-electron chi connectivity index (χ3n) is 2.98. The molecule has 0 aliphatic heterocycles. The van der Waals surface area contributed by atoms with Crippen LogP contribution in [-0.4, -0.2) is 16.1 Å². The van der Waals surface area contributed by atoms with E-state index in [9.17, 15) is 0 Å². The Bertz CT molecular complexity index is 754. The minimum Gasteiger partial charge on any atom is -0.489 e. The van der Waals surface area contributed by atoms with Crippen molar-refractivity contribution in [3.8, 4) is 5.75 Å². The summed E-state index contributed by atoms with van der Waals surface area (Å²) in [6.07, 6.45) is 3.69. The number of benzene rings is 1. The maximum absolute atomic E-state index is 5.59. The fraction of sp³-hybridized carbons (Fsp3) is 0.176. The Balaban J connectivity index is 1.71. The van der Waals surface area contributed by atoms with Crippen LogP contribution in [0.15, 0.2) is 59.9 Å². The number of aromatic nitrogens is 2. The number of nitrogens with one attached hydrogen (secondary N) is 1. The lowest BCUT2D eigenvalue weighted by Gasteiger charge is -2.10. The van der Waals surface area contributed by atoms with E-state index >= 15 is 0 Å². The number of anilines is 1.